The van der Waals surface area contributed by atoms with Crippen molar-refractivity contribution in [1.82, 2.24) is 10.2 Å². The van der Waals surface area contributed by atoms with Gasteiger partial charge in [-0.3, -0.25) is 13.9 Å². The van der Waals surface area contributed by atoms with Crippen LogP contribution in [-0.2, 0) is 26.0 Å². The summed E-state index contributed by atoms with van der Waals surface area (Å²) >= 11 is 0. The summed E-state index contributed by atoms with van der Waals surface area (Å²) in [6, 6.07) is 21.9. The van der Waals surface area contributed by atoms with Crippen LogP contribution < -0.4 is 14.4 Å². The number of rotatable bonds is 14. The van der Waals surface area contributed by atoms with E-state index >= 15 is 0 Å². The molecule has 2 unspecified atom stereocenters. The van der Waals surface area contributed by atoms with Gasteiger partial charge in [0.15, 0.2) is 0 Å². The summed E-state index contributed by atoms with van der Waals surface area (Å²) in [6.07, 6.45) is 1.26. The van der Waals surface area contributed by atoms with E-state index in [-0.39, 0.29) is 23.4 Å². The highest BCUT2D eigenvalue weighted by Crippen LogP contribution is 2.26. The minimum Gasteiger partial charge on any atom is -0.494 e. The van der Waals surface area contributed by atoms with Crippen molar-refractivity contribution < 1.29 is 22.7 Å². The van der Waals surface area contributed by atoms with E-state index in [0.717, 1.165) is 21.9 Å². The smallest absolute Gasteiger partial charge is 0.264 e. The molecule has 0 spiro atoms. The van der Waals surface area contributed by atoms with Gasteiger partial charge in [0.05, 0.1) is 17.2 Å². The Balaban J connectivity index is 1.98. The number of anilines is 1. The molecule has 0 aromatic heterocycles. The largest absolute Gasteiger partial charge is 0.494 e. The lowest BCUT2D eigenvalue weighted by Crippen LogP contribution is -2.53. The van der Waals surface area contributed by atoms with Gasteiger partial charge in [-0.2, -0.15) is 0 Å². The van der Waals surface area contributed by atoms with Gasteiger partial charge in [-0.1, -0.05) is 55.0 Å². The number of nitrogens with one attached hydrogen (secondary N) is 1. The number of nitrogens with zero attached hydrogens (tertiary/aromatic N) is 2. The van der Waals surface area contributed by atoms with Gasteiger partial charge in [0.1, 0.15) is 18.3 Å². The highest BCUT2D eigenvalue weighted by molar-refractivity contribution is 7.92. The molecule has 0 aliphatic heterocycles. The van der Waals surface area contributed by atoms with E-state index in [1.165, 1.54) is 17.0 Å². The molecule has 3 aromatic carbocycles. The van der Waals surface area contributed by atoms with E-state index in [2.05, 4.69) is 5.32 Å². The van der Waals surface area contributed by atoms with Crippen molar-refractivity contribution in [2.45, 2.75) is 64.4 Å². The van der Waals surface area contributed by atoms with E-state index < -0.39 is 28.5 Å². The van der Waals surface area contributed by atoms with E-state index in [9.17, 15) is 18.0 Å². The average Bonchev–Trinajstić information content (AvgIpc) is 2.97. The van der Waals surface area contributed by atoms with Crippen LogP contribution >= 0.6 is 0 Å². The number of carbonyl (C=O) groups excluding carboxylic acids is 2. The molecule has 0 aliphatic carbocycles. The Labute approximate surface area is 244 Å². The predicted octanol–water partition coefficient (Wildman–Crippen LogP) is 4.96. The molecule has 0 bridgehead atoms. The van der Waals surface area contributed by atoms with Gasteiger partial charge >= 0.3 is 0 Å². The molecule has 0 fully saturated rings. The maximum absolute atomic E-state index is 14.0. The first-order chi connectivity index (χ1) is 19.6. The third kappa shape index (κ3) is 8.57. The van der Waals surface area contributed by atoms with Crippen molar-refractivity contribution in [1.29, 1.82) is 0 Å². The van der Waals surface area contributed by atoms with Gasteiger partial charge in [-0.25, -0.2) is 8.42 Å². The van der Waals surface area contributed by atoms with E-state index in [1.807, 2.05) is 58.0 Å². The number of aryl methyl sites for hydroxylation is 1. The molecule has 0 radical (unpaired) electrons. The average molecular weight is 580 g/mol. The molecule has 9 heteroatoms. The normalized spacial score (nSPS) is 12.7. The maximum Gasteiger partial charge on any atom is 0.264 e. The van der Waals surface area contributed by atoms with Crippen LogP contribution in [-0.4, -0.2) is 56.9 Å². The number of carbonyl (C=O) groups is 2. The van der Waals surface area contributed by atoms with Crippen LogP contribution in [0, 0.1) is 6.92 Å². The van der Waals surface area contributed by atoms with Crippen molar-refractivity contribution in [3.05, 3.63) is 90.0 Å². The number of sulfonamides is 1. The molecule has 3 rings (SSSR count). The van der Waals surface area contributed by atoms with E-state index in [4.69, 9.17) is 4.74 Å². The van der Waals surface area contributed by atoms with E-state index in [1.54, 1.807) is 43.3 Å². The zero-order valence-electron chi connectivity index (χ0n) is 24.5. The molecule has 3 aromatic rings. The topological polar surface area (TPSA) is 96.0 Å². The van der Waals surface area contributed by atoms with Gasteiger partial charge < -0.3 is 15.0 Å². The molecule has 0 saturated carbocycles. The maximum atomic E-state index is 14.0. The predicted molar refractivity (Wildman–Crippen MR) is 163 cm³/mol. The lowest BCUT2D eigenvalue weighted by Gasteiger charge is -2.32. The van der Waals surface area contributed by atoms with E-state index in [0.29, 0.717) is 24.5 Å². The van der Waals surface area contributed by atoms with Crippen molar-refractivity contribution in [3.63, 3.8) is 0 Å². The lowest BCUT2D eigenvalue weighted by molar-refractivity contribution is -0.139. The van der Waals surface area contributed by atoms with Crippen molar-refractivity contribution in [3.8, 4) is 5.75 Å². The van der Waals surface area contributed by atoms with Crippen LogP contribution in [0.3, 0.4) is 0 Å². The molecule has 8 nitrogen and oxygen atoms in total. The van der Waals surface area contributed by atoms with Crippen LogP contribution in [0.25, 0.3) is 0 Å². The summed E-state index contributed by atoms with van der Waals surface area (Å²) in [4.78, 5) is 28.6. The first-order valence-electron chi connectivity index (χ1n) is 14.0. The molecule has 2 amide bonds. The quantitative estimate of drug-likeness (QED) is 0.291. The van der Waals surface area contributed by atoms with Gasteiger partial charge in [0, 0.05) is 12.6 Å². The second-order valence-corrected chi connectivity index (χ2v) is 11.9. The van der Waals surface area contributed by atoms with Gasteiger partial charge in [0.2, 0.25) is 11.8 Å². The molecule has 41 heavy (non-hydrogen) atoms. The summed E-state index contributed by atoms with van der Waals surface area (Å²) in [7, 11) is -4.12. The fourth-order valence-corrected chi connectivity index (χ4v) is 5.69. The van der Waals surface area contributed by atoms with Crippen molar-refractivity contribution in [2.75, 3.05) is 24.0 Å². The minimum atomic E-state index is -4.12. The first-order valence-corrected chi connectivity index (χ1v) is 15.5. The summed E-state index contributed by atoms with van der Waals surface area (Å²) in [5.41, 5.74) is 2.25. The second-order valence-electron chi connectivity index (χ2n) is 10.1. The molecular weight excluding hydrogens is 538 g/mol. The minimum absolute atomic E-state index is 0.0571. The third-order valence-electron chi connectivity index (χ3n) is 6.98. The summed E-state index contributed by atoms with van der Waals surface area (Å²) < 4.78 is 34.5. The van der Waals surface area contributed by atoms with Crippen molar-refractivity contribution in [2.24, 2.45) is 0 Å². The highest BCUT2D eigenvalue weighted by Gasteiger charge is 2.32. The number of hydrogen-bond donors (Lipinski definition) is 1. The van der Waals surface area contributed by atoms with Crippen LogP contribution in [0.5, 0.6) is 5.75 Å². The molecule has 220 valence electrons. The van der Waals surface area contributed by atoms with Crippen LogP contribution in [0.2, 0.25) is 0 Å². The Morgan fingerprint density at radius 3 is 2.12 bits per heavy atom. The Bertz CT molecular complexity index is 1380. The number of amides is 2. The Morgan fingerprint density at radius 1 is 0.902 bits per heavy atom. The van der Waals surface area contributed by atoms with Crippen molar-refractivity contribution >= 4 is 27.5 Å². The zero-order chi connectivity index (χ0) is 30.0. The molecule has 2 atom stereocenters. The Hall–Kier alpha value is -3.85. The summed E-state index contributed by atoms with van der Waals surface area (Å²) in [5, 5.41) is 2.95. The molecule has 0 aliphatic rings. The fourth-order valence-electron chi connectivity index (χ4n) is 4.28. The fraction of sp³-hybridized carbons (Fsp3) is 0.375. The van der Waals surface area contributed by atoms with Crippen LogP contribution in [0.15, 0.2) is 83.8 Å². The monoisotopic (exact) mass is 579 g/mol. The Kier molecular flexibility index (Phi) is 11.3. The molecular formula is C32H41N3O5S. The molecule has 0 heterocycles. The van der Waals surface area contributed by atoms with Crippen LogP contribution in [0.4, 0.5) is 5.69 Å². The summed E-state index contributed by atoms with van der Waals surface area (Å²) in [6.45, 7) is 9.54. The van der Waals surface area contributed by atoms with Gasteiger partial charge in [-0.05, 0) is 82.5 Å². The van der Waals surface area contributed by atoms with Crippen LogP contribution in [0.1, 0.15) is 45.2 Å². The lowest BCUT2D eigenvalue weighted by atomic mass is 10.1. The van der Waals surface area contributed by atoms with Gasteiger partial charge in [0.25, 0.3) is 10.0 Å². The molecule has 1 N–H and O–H groups in total. The summed E-state index contributed by atoms with van der Waals surface area (Å²) in [5.74, 6) is -0.165. The Morgan fingerprint density at radius 2 is 1.54 bits per heavy atom. The number of ether oxygens (including phenoxy) is 1. The standard InChI is InChI=1S/C32H41N3O5S/c1-6-25(4)33-32(37)26(5)34(22-21-27-11-9-8-10-12-27)31(36)23-35(28-15-17-29(18-16-28)40-7-2)41(38,39)30-19-13-24(3)14-20-30/h8-20,25-26H,6-7,21-23H2,1-5H3,(H,33,37). The molecule has 0 saturated heterocycles. The highest BCUT2D eigenvalue weighted by atomic mass is 32.2. The SMILES string of the molecule is CCOc1ccc(N(CC(=O)N(CCc2ccccc2)C(C)C(=O)NC(C)CC)S(=O)(=O)c2ccc(C)cc2)cc1. The second kappa shape index (κ2) is 14.7. The number of benzene rings is 3. The third-order valence-corrected chi connectivity index (χ3v) is 8.76. The van der Waals surface area contributed by atoms with Gasteiger partial charge in [-0.15, -0.1) is 0 Å². The zero-order valence-corrected chi connectivity index (χ0v) is 25.4. The first kappa shape index (κ1) is 31.7. The number of hydrogen-bond acceptors (Lipinski definition) is 5.